The molecule has 15 heavy (non-hydrogen) atoms. The Labute approximate surface area is 91.4 Å². The second-order valence-corrected chi connectivity index (χ2v) is 3.55. The monoisotopic (exact) mass is 203 g/mol. The maximum Gasteiger partial charge on any atom is 0.149 e. The smallest absolute Gasteiger partial charge is 0.149 e. The molecule has 0 fully saturated rings. The van der Waals surface area contributed by atoms with Crippen LogP contribution in [0.25, 0.3) is 0 Å². The van der Waals surface area contributed by atoms with Crippen LogP contribution in [0.1, 0.15) is 31.0 Å². The molecule has 0 aliphatic carbocycles. The summed E-state index contributed by atoms with van der Waals surface area (Å²) in [6, 6.07) is 6.03. The van der Waals surface area contributed by atoms with Crippen LogP contribution >= 0.6 is 0 Å². The molecule has 2 heteroatoms. The van der Waals surface area contributed by atoms with Crippen molar-refractivity contribution in [1.29, 1.82) is 0 Å². The predicted octanol–water partition coefficient (Wildman–Crippen LogP) is 2.42. The van der Waals surface area contributed by atoms with Gasteiger partial charge in [0, 0.05) is 11.6 Å². The number of aryl methyl sites for hydroxylation is 1. The fraction of sp³-hybridized carbons (Fsp3) is 0.385. The highest BCUT2D eigenvalue weighted by Gasteiger charge is 2.07. The van der Waals surface area contributed by atoms with Crippen molar-refractivity contribution in [3.8, 4) is 17.6 Å². The summed E-state index contributed by atoms with van der Waals surface area (Å²) in [6.07, 6.45) is 0. The number of ether oxygens (including phenoxy) is 1. The Bertz CT molecular complexity index is 385. The number of hydrogen-bond donors (Lipinski definition) is 1. The zero-order chi connectivity index (χ0) is 11.3. The maximum atomic E-state index is 5.85. The summed E-state index contributed by atoms with van der Waals surface area (Å²) in [5, 5.41) is 0. The van der Waals surface area contributed by atoms with Gasteiger partial charge in [0.1, 0.15) is 12.4 Å². The molecule has 0 saturated carbocycles. The Hall–Kier alpha value is -1.46. The molecule has 0 radical (unpaired) electrons. The van der Waals surface area contributed by atoms with Crippen LogP contribution in [0.4, 0.5) is 0 Å². The average Bonchev–Trinajstić information content (AvgIpc) is 2.18. The number of hydrogen-bond acceptors (Lipinski definition) is 2. The summed E-state index contributed by atoms with van der Waals surface area (Å²) >= 11 is 0. The maximum absolute atomic E-state index is 5.85. The Morgan fingerprint density at radius 1 is 1.47 bits per heavy atom. The lowest BCUT2D eigenvalue weighted by atomic mass is 10.1. The minimum Gasteiger partial charge on any atom is -0.481 e. The van der Waals surface area contributed by atoms with E-state index in [1.54, 1.807) is 6.92 Å². The molecule has 1 aromatic rings. The lowest BCUT2D eigenvalue weighted by Crippen LogP contribution is -2.08. The third-order valence-electron chi connectivity index (χ3n) is 2.14. The standard InChI is InChI=1S/C13H17NO/c1-4-5-8-15-13-9-10(2)6-7-12(13)11(3)14/h6-7,9,11H,8,14H2,1-3H3/t11-/m1/s1. The van der Waals surface area contributed by atoms with Crippen LogP contribution in [-0.2, 0) is 0 Å². The zero-order valence-electron chi connectivity index (χ0n) is 9.50. The molecule has 0 aliphatic rings. The fourth-order valence-electron chi connectivity index (χ4n) is 1.33. The van der Waals surface area contributed by atoms with Crippen LogP contribution in [-0.4, -0.2) is 6.61 Å². The van der Waals surface area contributed by atoms with Gasteiger partial charge in [0.2, 0.25) is 0 Å². The van der Waals surface area contributed by atoms with Crippen molar-refractivity contribution in [3.05, 3.63) is 29.3 Å². The number of benzene rings is 1. The van der Waals surface area contributed by atoms with Crippen molar-refractivity contribution in [3.63, 3.8) is 0 Å². The van der Waals surface area contributed by atoms with Crippen molar-refractivity contribution in [2.24, 2.45) is 5.73 Å². The van der Waals surface area contributed by atoms with Gasteiger partial charge in [-0.1, -0.05) is 18.1 Å². The van der Waals surface area contributed by atoms with Gasteiger partial charge >= 0.3 is 0 Å². The molecule has 0 spiro atoms. The Morgan fingerprint density at radius 3 is 2.80 bits per heavy atom. The third-order valence-corrected chi connectivity index (χ3v) is 2.14. The first-order valence-corrected chi connectivity index (χ1v) is 5.03. The van der Waals surface area contributed by atoms with Crippen LogP contribution in [0.15, 0.2) is 18.2 Å². The molecule has 1 rings (SSSR count). The highest BCUT2D eigenvalue weighted by Crippen LogP contribution is 2.24. The molecule has 0 bridgehead atoms. The van der Waals surface area contributed by atoms with Crippen molar-refractivity contribution in [2.45, 2.75) is 26.8 Å². The van der Waals surface area contributed by atoms with Crippen molar-refractivity contribution < 1.29 is 4.74 Å². The van der Waals surface area contributed by atoms with Crippen molar-refractivity contribution in [2.75, 3.05) is 6.61 Å². The van der Waals surface area contributed by atoms with Crippen molar-refractivity contribution >= 4 is 0 Å². The zero-order valence-corrected chi connectivity index (χ0v) is 9.50. The van der Waals surface area contributed by atoms with E-state index >= 15 is 0 Å². The van der Waals surface area contributed by atoms with Gasteiger partial charge in [0.15, 0.2) is 0 Å². The summed E-state index contributed by atoms with van der Waals surface area (Å²) in [5.41, 5.74) is 8.04. The van der Waals surface area contributed by atoms with Gasteiger partial charge in [-0.15, -0.1) is 5.92 Å². The van der Waals surface area contributed by atoms with Crippen LogP contribution in [0.2, 0.25) is 0 Å². The van der Waals surface area contributed by atoms with E-state index in [9.17, 15) is 0 Å². The van der Waals surface area contributed by atoms with E-state index in [4.69, 9.17) is 10.5 Å². The molecular weight excluding hydrogens is 186 g/mol. The fourth-order valence-corrected chi connectivity index (χ4v) is 1.33. The second-order valence-electron chi connectivity index (χ2n) is 3.55. The molecule has 0 amide bonds. The Balaban J connectivity index is 2.90. The summed E-state index contributed by atoms with van der Waals surface area (Å²) < 4.78 is 5.57. The topological polar surface area (TPSA) is 35.2 Å². The summed E-state index contributed by atoms with van der Waals surface area (Å²) in [5.74, 6) is 6.50. The van der Waals surface area contributed by atoms with E-state index in [2.05, 4.69) is 11.8 Å². The summed E-state index contributed by atoms with van der Waals surface area (Å²) in [6.45, 7) is 6.19. The van der Waals surface area contributed by atoms with Gasteiger partial charge in [0.25, 0.3) is 0 Å². The number of nitrogens with two attached hydrogens (primary N) is 1. The quantitative estimate of drug-likeness (QED) is 0.766. The molecule has 0 heterocycles. The molecule has 0 unspecified atom stereocenters. The van der Waals surface area contributed by atoms with Gasteiger partial charge in [-0.3, -0.25) is 0 Å². The van der Waals surface area contributed by atoms with Crippen LogP contribution in [0.5, 0.6) is 5.75 Å². The Kier molecular flexibility index (Phi) is 4.20. The van der Waals surface area contributed by atoms with Gasteiger partial charge in [0.05, 0.1) is 0 Å². The van der Waals surface area contributed by atoms with E-state index in [0.29, 0.717) is 6.61 Å². The SMILES string of the molecule is CC#CCOc1cc(C)ccc1[C@@H](C)N. The van der Waals surface area contributed by atoms with E-state index in [1.807, 2.05) is 32.0 Å². The third kappa shape index (κ3) is 3.30. The second kappa shape index (κ2) is 5.43. The average molecular weight is 203 g/mol. The van der Waals surface area contributed by atoms with Crippen molar-refractivity contribution in [1.82, 2.24) is 0 Å². The molecule has 1 aromatic carbocycles. The van der Waals surface area contributed by atoms with Crippen LogP contribution in [0.3, 0.4) is 0 Å². The van der Waals surface area contributed by atoms with Crippen LogP contribution < -0.4 is 10.5 Å². The molecule has 2 nitrogen and oxygen atoms in total. The highest BCUT2D eigenvalue weighted by molar-refractivity contribution is 5.39. The predicted molar refractivity (Wildman–Crippen MR) is 62.7 cm³/mol. The molecule has 0 aromatic heterocycles. The van der Waals surface area contributed by atoms with E-state index < -0.39 is 0 Å². The van der Waals surface area contributed by atoms with Gasteiger partial charge in [-0.25, -0.2) is 0 Å². The molecule has 1 atom stereocenters. The highest BCUT2D eigenvalue weighted by atomic mass is 16.5. The lowest BCUT2D eigenvalue weighted by molar-refractivity contribution is 0.363. The van der Waals surface area contributed by atoms with Crippen LogP contribution in [0, 0.1) is 18.8 Å². The van der Waals surface area contributed by atoms with Gasteiger partial charge in [-0.05, 0) is 32.4 Å². The first-order chi connectivity index (χ1) is 7.15. The minimum atomic E-state index is -0.0183. The largest absolute Gasteiger partial charge is 0.481 e. The molecule has 0 saturated heterocycles. The molecule has 0 aliphatic heterocycles. The lowest BCUT2D eigenvalue weighted by Gasteiger charge is -2.13. The summed E-state index contributed by atoms with van der Waals surface area (Å²) in [7, 11) is 0. The Morgan fingerprint density at radius 2 is 2.20 bits per heavy atom. The van der Waals surface area contributed by atoms with Gasteiger partial charge < -0.3 is 10.5 Å². The number of rotatable bonds is 3. The van der Waals surface area contributed by atoms with E-state index in [1.165, 1.54) is 5.56 Å². The van der Waals surface area contributed by atoms with E-state index in [0.717, 1.165) is 11.3 Å². The summed E-state index contributed by atoms with van der Waals surface area (Å²) in [4.78, 5) is 0. The molecular formula is C13H17NO. The molecule has 80 valence electrons. The minimum absolute atomic E-state index is 0.0183. The van der Waals surface area contributed by atoms with E-state index in [-0.39, 0.29) is 6.04 Å². The first kappa shape index (κ1) is 11.6. The molecule has 2 N–H and O–H groups in total. The van der Waals surface area contributed by atoms with Gasteiger partial charge in [-0.2, -0.15) is 0 Å². The normalized spacial score (nSPS) is 11.5. The first-order valence-electron chi connectivity index (χ1n) is 5.03.